The third-order valence-electron chi connectivity index (χ3n) is 3.52. The molecule has 0 radical (unpaired) electrons. The Bertz CT molecular complexity index is 782. The lowest BCUT2D eigenvalue weighted by atomic mass is 10.1. The summed E-state index contributed by atoms with van der Waals surface area (Å²) in [6, 6.07) is 10.3. The SMILES string of the molecule is NC(=O)c1ccc(CN2C(=O)c3ccccc3C2=O)cc1F. The molecule has 1 heterocycles. The zero-order valence-electron chi connectivity index (χ0n) is 11.4. The van der Waals surface area contributed by atoms with Crippen molar-refractivity contribution < 1.29 is 18.8 Å². The van der Waals surface area contributed by atoms with Gasteiger partial charge in [0.2, 0.25) is 0 Å². The van der Waals surface area contributed by atoms with Crippen molar-refractivity contribution in [3.8, 4) is 0 Å². The van der Waals surface area contributed by atoms with Crippen LogP contribution in [0.5, 0.6) is 0 Å². The highest BCUT2D eigenvalue weighted by molar-refractivity contribution is 6.21. The lowest BCUT2D eigenvalue weighted by Crippen LogP contribution is -2.29. The number of nitrogens with two attached hydrogens (primary N) is 1. The van der Waals surface area contributed by atoms with E-state index in [1.165, 1.54) is 12.1 Å². The van der Waals surface area contributed by atoms with Gasteiger partial charge in [-0.15, -0.1) is 0 Å². The highest BCUT2D eigenvalue weighted by atomic mass is 19.1. The van der Waals surface area contributed by atoms with Crippen LogP contribution >= 0.6 is 0 Å². The summed E-state index contributed by atoms with van der Waals surface area (Å²) in [5, 5.41) is 0. The molecule has 0 saturated carbocycles. The Morgan fingerprint density at radius 1 is 1.05 bits per heavy atom. The molecule has 0 spiro atoms. The van der Waals surface area contributed by atoms with Gasteiger partial charge in [0.05, 0.1) is 23.2 Å². The van der Waals surface area contributed by atoms with Crippen LogP contribution in [-0.2, 0) is 6.54 Å². The van der Waals surface area contributed by atoms with Crippen molar-refractivity contribution >= 4 is 17.7 Å². The van der Waals surface area contributed by atoms with Crippen LogP contribution in [0.1, 0.15) is 36.6 Å². The van der Waals surface area contributed by atoms with Crippen LogP contribution in [0.3, 0.4) is 0 Å². The number of benzene rings is 2. The Hall–Kier alpha value is -3.02. The number of amides is 3. The second-order valence-electron chi connectivity index (χ2n) is 4.92. The van der Waals surface area contributed by atoms with E-state index in [0.717, 1.165) is 11.0 Å². The largest absolute Gasteiger partial charge is 0.366 e. The maximum Gasteiger partial charge on any atom is 0.261 e. The molecule has 0 unspecified atom stereocenters. The number of nitrogens with zero attached hydrogens (tertiary/aromatic N) is 1. The second kappa shape index (κ2) is 5.07. The van der Waals surface area contributed by atoms with E-state index in [0.29, 0.717) is 16.7 Å². The number of hydrogen-bond donors (Lipinski definition) is 1. The van der Waals surface area contributed by atoms with Crippen LogP contribution in [0.2, 0.25) is 0 Å². The second-order valence-corrected chi connectivity index (χ2v) is 4.92. The summed E-state index contributed by atoms with van der Waals surface area (Å²) in [6.07, 6.45) is 0. The van der Waals surface area contributed by atoms with Crippen molar-refractivity contribution in [2.45, 2.75) is 6.54 Å². The first kappa shape index (κ1) is 13.9. The molecular weight excluding hydrogens is 287 g/mol. The predicted molar refractivity (Wildman–Crippen MR) is 75.6 cm³/mol. The van der Waals surface area contributed by atoms with E-state index in [1.54, 1.807) is 24.3 Å². The first-order valence-corrected chi connectivity index (χ1v) is 6.52. The molecule has 0 aromatic heterocycles. The van der Waals surface area contributed by atoms with Gasteiger partial charge in [-0.05, 0) is 29.8 Å². The summed E-state index contributed by atoms with van der Waals surface area (Å²) in [5.74, 6) is -2.48. The van der Waals surface area contributed by atoms with Crippen LogP contribution in [-0.4, -0.2) is 22.6 Å². The molecule has 0 aliphatic carbocycles. The summed E-state index contributed by atoms with van der Waals surface area (Å²) >= 11 is 0. The smallest absolute Gasteiger partial charge is 0.261 e. The minimum Gasteiger partial charge on any atom is -0.366 e. The van der Waals surface area contributed by atoms with Gasteiger partial charge in [-0.2, -0.15) is 0 Å². The summed E-state index contributed by atoms with van der Waals surface area (Å²) in [4.78, 5) is 36.5. The van der Waals surface area contributed by atoms with E-state index in [-0.39, 0.29) is 12.1 Å². The average molecular weight is 298 g/mol. The van der Waals surface area contributed by atoms with Crippen molar-refractivity contribution in [2.75, 3.05) is 0 Å². The van der Waals surface area contributed by atoms with E-state index in [2.05, 4.69) is 0 Å². The summed E-state index contributed by atoms with van der Waals surface area (Å²) in [5.41, 5.74) is 5.87. The Labute approximate surface area is 125 Å². The molecule has 0 saturated heterocycles. The van der Waals surface area contributed by atoms with Gasteiger partial charge in [0, 0.05) is 0 Å². The number of primary amides is 1. The van der Waals surface area contributed by atoms with Crippen LogP contribution in [0, 0.1) is 5.82 Å². The molecular formula is C16H11FN2O3. The van der Waals surface area contributed by atoms with Crippen molar-refractivity contribution in [3.63, 3.8) is 0 Å². The van der Waals surface area contributed by atoms with Gasteiger partial charge in [-0.3, -0.25) is 19.3 Å². The Kier molecular flexibility index (Phi) is 3.21. The van der Waals surface area contributed by atoms with Crippen molar-refractivity contribution in [3.05, 3.63) is 70.5 Å². The molecule has 22 heavy (non-hydrogen) atoms. The molecule has 3 rings (SSSR count). The third kappa shape index (κ3) is 2.14. The maximum absolute atomic E-state index is 13.7. The van der Waals surface area contributed by atoms with Crippen LogP contribution in [0.25, 0.3) is 0 Å². The average Bonchev–Trinajstić information content (AvgIpc) is 2.73. The van der Waals surface area contributed by atoms with Crippen molar-refractivity contribution in [1.29, 1.82) is 0 Å². The molecule has 2 aromatic rings. The molecule has 1 aliphatic heterocycles. The van der Waals surface area contributed by atoms with Gasteiger partial charge in [-0.25, -0.2) is 4.39 Å². The van der Waals surface area contributed by atoms with Crippen LogP contribution < -0.4 is 5.73 Å². The molecule has 0 bridgehead atoms. The number of hydrogen-bond acceptors (Lipinski definition) is 3. The molecule has 3 amide bonds. The normalized spacial score (nSPS) is 13.4. The first-order valence-electron chi connectivity index (χ1n) is 6.52. The number of fused-ring (bicyclic) bond motifs is 1. The highest BCUT2D eigenvalue weighted by Gasteiger charge is 2.35. The molecule has 0 fully saturated rings. The Morgan fingerprint density at radius 3 is 2.14 bits per heavy atom. The first-order chi connectivity index (χ1) is 10.5. The van der Waals surface area contributed by atoms with Crippen LogP contribution in [0.15, 0.2) is 42.5 Å². The van der Waals surface area contributed by atoms with E-state index in [4.69, 9.17) is 5.73 Å². The molecule has 2 aromatic carbocycles. The molecule has 2 N–H and O–H groups in total. The molecule has 1 aliphatic rings. The van der Waals surface area contributed by atoms with E-state index in [1.807, 2.05) is 0 Å². The lowest BCUT2D eigenvalue weighted by Gasteiger charge is -2.14. The number of rotatable bonds is 3. The van der Waals surface area contributed by atoms with E-state index in [9.17, 15) is 18.8 Å². The number of carbonyl (C=O) groups is 3. The van der Waals surface area contributed by atoms with Gasteiger partial charge in [0.25, 0.3) is 17.7 Å². The third-order valence-corrected chi connectivity index (χ3v) is 3.52. The monoisotopic (exact) mass is 298 g/mol. The van der Waals surface area contributed by atoms with Crippen molar-refractivity contribution in [1.82, 2.24) is 4.90 Å². The lowest BCUT2D eigenvalue weighted by molar-refractivity contribution is 0.0641. The van der Waals surface area contributed by atoms with E-state index < -0.39 is 23.5 Å². The Morgan fingerprint density at radius 2 is 1.64 bits per heavy atom. The fourth-order valence-corrected chi connectivity index (χ4v) is 2.42. The standard InChI is InChI=1S/C16H11FN2O3/c17-13-7-9(5-6-12(13)14(18)20)8-19-15(21)10-3-1-2-4-11(10)16(19)22/h1-7H,8H2,(H2,18,20). The highest BCUT2D eigenvalue weighted by Crippen LogP contribution is 2.24. The maximum atomic E-state index is 13.7. The van der Waals surface area contributed by atoms with Crippen LogP contribution in [0.4, 0.5) is 4.39 Å². The van der Waals surface area contributed by atoms with Gasteiger partial charge in [-0.1, -0.05) is 18.2 Å². The predicted octanol–water partition coefficient (Wildman–Crippen LogP) is 1.72. The summed E-state index contributed by atoms with van der Waals surface area (Å²) in [7, 11) is 0. The minimum atomic E-state index is -0.871. The quantitative estimate of drug-likeness (QED) is 0.876. The number of halogens is 1. The van der Waals surface area contributed by atoms with Crippen molar-refractivity contribution in [2.24, 2.45) is 5.73 Å². The van der Waals surface area contributed by atoms with E-state index >= 15 is 0 Å². The fourth-order valence-electron chi connectivity index (χ4n) is 2.42. The molecule has 5 nitrogen and oxygen atoms in total. The fraction of sp³-hybridized carbons (Fsp3) is 0.0625. The molecule has 6 heteroatoms. The zero-order valence-corrected chi connectivity index (χ0v) is 11.4. The zero-order chi connectivity index (χ0) is 15.9. The Balaban J connectivity index is 1.89. The van der Waals surface area contributed by atoms with Gasteiger partial charge < -0.3 is 5.73 Å². The topological polar surface area (TPSA) is 80.5 Å². The molecule has 110 valence electrons. The molecule has 0 atom stereocenters. The van der Waals surface area contributed by atoms with Gasteiger partial charge >= 0.3 is 0 Å². The van der Waals surface area contributed by atoms with Gasteiger partial charge in [0.1, 0.15) is 5.82 Å². The summed E-state index contributed by atoms with van der Waals surface area (Å²) in [6.45, 7) is -0.0672. The van der Waals surface area contributed by atoms with Gasteiger partial charge in [0.15, 0.2) is 0 Å². The number of carbonyl (C=O) groups excluding carboxylic acids is 3. The summed E-state index contributed by atoms with van der Waals surface area (Å²) < 4.78 is 13.7. The minimum absolute atomic E-state index is 0.0672. The number of imide groups is 1.